The molecule has 0 N–H and O–H groups in total. The molecule has 1 saturated heterocycles. The molecule has 1 atom stereocenters. The highest BCUT2D eigenvalue weighted by Gasteiger charge is 2.32. The predicted molar refractivity (Wildman–Crippen MR) is 42.2 cm³/mol. The Morgan fingerprint density at radius 3 is 2.64 bits per heavy atom. The Labute approximate surface area is 67.2 Å². The van der Waals surface area contributed by atoms with Crippen LogP contribution in [0.4, 0.5) is 0 Å². The summed E-state index contributed by atoms with van der Waals surface area (Å²) in [5, 5.41) is 0. The summed E-state index contributed by atoms with van der Waals surface area (Å²) < 4.78 is 11.0. The summed E-state index contributed by atoms with van der Waals surface area (Å²) in [6, 6.07) is 0. The zero-order valence-electron chi connectivity index (χ0n) is 7.09. The van der Waals surface area contributed by atoms with Gasteiger partial charge in [-0.05, 0) is 26.7 Å². The molecule has 0 aromatic carbocycles. The third kappa shape index (κ3) is 1.82. The Bertz CT molecular complexity index is 188. The van der Waals surface area contributed by atoms with Gasteiger partial charge in [-0.2, -0.15) is 0 Å². The van der Waals surface area contributed by atoms with Crippen molar-refractivity contribution in [2.24, 2.45) is 0 Å². The molecule has 0 bridgehead atoms. The van der Waals surface area contributed by atoms with Gasteiger partial charge >= 0.3 is 0 Å². The van der Waals surface area contributed by atoms with Crippen LogP contribution in [-0.4, -0.2) is 18.5 Å². The quantitative estimate of drug-likeness (QED) is 0.537. The topological polar surface area (TPSA) is 18.5 Å². The van der Waals surface area contributed by atoms with E-state index in [1.807, 2.05) is 13.8 Å². The maximum absolute atomic E-state index is 5.60. The molecule has 0 spiro atoms. The lowest BCUT2D eigenvalue weighted by Crippen LogP contribution is -2.20. The van der Waals surface area contributed by atoms with Gasteiger partial charge in [-0.3, -0.25) is 0 Å². The van der Waals surface area contributed by atoms with Gasteiger partial charge in [-0.1, -0.05) is 11.6 Å². The molecular weight excluding hydrogens is 140 g/mol. The molecule has 1 aliphatic heterocycles. The van der Waals surface area contributed by atoms with Crippen molar-refractivity contribution in [3.05, 3.63) is 11.6 Å². The SMILES string of the molecule is CC1(C)OC[C@H](C=C2CC2)O1. The molecular formula is C9H14O2. The van der Waals surface area contributed by atoms with Crippen LogP contribution in [0.5, 0.6) is 0 Å². The maximum atomic E-state index is 5.60. The second-order valence-electron chi connectivity index (χ2n) is 3.69. The highest BCUT2D eigenvalue weighted by molar-refractivity contribution is 5.18. The summed E-state index contributed by atoms with van der Waals surface area (Å²) in [4.78, 5) is 0. The number of allylic oxidation sites excluding steroid dienone is 1. The lowest BCUT2D eigenvalue weighted by Gasteiger charge is -2.15. The Kier molecular flexibility index (Phi) is 1.55. The highest BCUT2D eigenvalue weighted by atomic mass is 16.7. The first-order valence-corrected chi connectivity index (χ1v) is 4.17. The van der Waals surface area contributed by atoms with Crippen molar-refractivity contribution in [1.29, 1.82) is 0 Å². The van der Waals surface area contributed by atoms with Crippen molar-refractivity contribution >= 4 is 0 Å². The first kappa shape index (κ1) is 7.32. The van der Waals surface area contributed by atoms with E-state index in [2.05, 4.69) is 6.08 Å². The van der Waals surface area contributed by atoms with Crippen LogP contribution in [0, 0.1) is 0 Å². The Morgan fingerprint density at radius 2 is 2.18 bits per heavy atom. The van der Waals surface area contributed by atoms with E-state index in [0.29, 0.717) is 0 Å². The fourth-order valence-electron chi connectivity index (χ4n) is 1.30. The van der Waals surface area contributed by atoms with Gasteiger partial charge in [0.2, 0.25) is 0 Å². The van der Waals surface area contributed by atoms with Crippen LogP contribution in [0.15, 0.2) is 11.6 Å². The maximum Gasteiger partial charge on any atom is 0.163 e. The average molecular weight is 154 g/mol. The number of hydrogen-bond acceptors (Lipinski definition) is 2. The van der Waals surface area contributed by atoms with E-state index in [-0.39, 0.29) is 11.9 Å². The van der Waals surface area contributed by atoms with Crippen LogP contribution in [0.3, 0.4) is 0 Å². The molecule has 0 aromatic rings. The van der Waals surface area contributed by atoms with Gasteiger partial charge in [0.05, 0.1) is 6.61 Å². The van der Waals surface area contributed by atoms with Crippen LogP contribution in [0.1, 0.15) is 26.7 Å². The normalized spacial score (nSPS) is 34.0. The van der Waals surface area contributed by atoms with Gasteiger partial charge in [0.25, 0.3) is 0 Å². The summed E-state index contributed by atoms with van der Waals surface area (Å²) in [7, 11) is 0. The number of ether oxygens (including phenoxy) is 2. The predicted octanol–water partition coefficient (Wildman–Crippen LogP) is 1.86. The van der Waals surface area contributed by atoms with E-state index in [1.54, 1.807) is 0 Å². The molecule has 0 aromatic heterocycles. The first-order chi connectivity index (χ1) is 5.16. The summed E-state index contributed by atoms with van der Waals surface area (Å²) in [6.07, 6.45) is 4.94. The van der Waals surface area contributed by atoms with Crippen LogP contribution < -0.4 is 0 Å². The van der Waals surface area contributed by atoms with E-state index in [4.69, 9.17) is 9.47 Å². The molecule has 2 rings (SSSR count). The van der Waals surface area contributed by atoms with Gasteiger partial charge in [0.1, 0.15) is 6.10 Å². The van der Waals surface area contributed by atoms with Gasteiger partial charge in [0.15, 0.2) is 5.79 Å². The zero-order valence-corrected chi connectivity index (χ0v) is 7.09. The van der Waals surface area contributed by atoms with Crippen molar-refractivity contribution in [3.63, 3.8) is 0 Å². The lowest BCUT2D eigenvalue weighted by atomic mass is 10.3. The second kappa shape index (κ2) is 2.32. The highest BCUT2D eigenvalue weighted by Crippen LogP contribution is 2.31. The molecule has 2 fully saturated rings. The van der Waals surface area contributed by atoms with Gasteiger partial charge in [-0.15, -0.1) is 0 Å². The molecule has 11 heavy (non-hydrogen) atoms. The minimum atomic E-state index is -0.364. The summed E-state index contributed by atoms with van der Waals surface area (Å²) in [6.45, 7) is 4.63. The van der Waals surface area contributed by atoms with Crippen LogP contribution in [-0.2, 0) is 9.47 Å². The molecule has 0 amide bonds. The molecule has 0 unspecified atom stereocenters. The van der Waals surface area contributed by atoms with E-state index in [0.717, 1.165) is 6.61 Å². The van der Waals surface area contributed by atoms with Crippen molar-refractivity contribution in [1.82, 2.24) is 0 Å². The molecule has 1 saturated carbocycles. The second-order valence-corrected chi connectivity index (χ2v) is 3.69. The zero-order chi connectivity index (χ0) is 7.90. The van der Waals surface area contributed by atoms with E-state index in [1.165, 1.54) is 18.4 Å². The fraction of sp³-hybridized carbons (Fsp3) is 0.778. The van der Waals surface area contributed by atoms with Crippen molar-refractivity contribution < 1.29 is 9.47 Å². The molecule has 2 heteroatoms. The minimum Gasteiger partial charge on any atom is -0.347 e. The van der Waals surface area contributed by atoms with E-state index in [9.17, 15) is 0 Å². The molecule has 62 valence electrons. The third-order valence-electron chi connectivity index (χ3n) is 1.99. The Hall–Kier alpha value is -0.340. The van der Waals surface area contributed by atoms with Crippen LogP contribution in [0.25, 0.3) is 0 Å². The van der Waals surface area contributed by atoms with Crippen molar-refractivity contribution in [2.75, 3.05) is 6.61 Å². The molecule has 2 nitrogen and oxygen atoms in total. The van der Waals surface area contributed by atoms with Crippen molar-refractivity contribution in [2.45, 2.75) is 38.6 Å². The smallest absolute Gasteiger partial charge is 0.163 e. The number of rotatable bonds is 1. The van der Waals surface area contributed by atoms with E-state index < -0.39 is 0 Å². The van der Waals surface area contributed by atoms with Crippen LogP contribution >= 0.6 is 0 Å². The summed E-state index contributed by atoms with van der Waals surface area (Å²) >= 11 is 0. The van der Waals surface area contributed by atoms with Gasteiger partial charge < -0.3 is 9.47 Å². The largest absolute Gasteiger partial charge is 0.347 e. The molecule has 1 heterocycles. The molecule has 0 radical (unpaired) electrons. The standard InChI is InChI=1S/C9H14O2/c1-9(2)10-6-8(11-9)5-7-3-4-7/h5,8H,3-4,6H2,1-2H3/t8-/m0/s1. The monoisotopic (exact) mass is 154 g/mol. The Morgan fingerprint density at radius 1 is 1.45 bits per heavy atom. The lowest BCUT2D eigenvalue weighted by molar-refractivity contribution is -0.133. The summed E-state index contributed by atoms with van der Waals surface area (Å²) in [5.41, 5.74) is 1.52. The minimum absolute atomic E-state index is 0.211. The first-order valence-electron chi connectivity index (χ1n) is 4.17. The average Bonchev–Trinajstić information content (AvgIpc) is 2.61. The molecule has 2 aliphatic rings. The van der Waals surface area contributed by atoms with Crippen LogP contribution in [0.2, 0.25) is 0 Å². The summed E-state index contributed by atoms with van der Waals surface area (Å²) in [5.74, 6) is -0.364. The van der Waals surface area contributed by atoms with Crippen molar-refractivity contribution in [3.8, 4) is 0 Å². The van der Waals surface area contributed by atoms with E-state index >= 15 is 0 Å². The van der Waals surface area contributed by atoms with Gasteiger partial charge in [0, 0.05) is 0 Å². The van der Waals surface area contributed by atoms with Gasteiger partial charge in [-0.25, -0.2) is 0 Å². The molecule has 1 aliphatic carbocycles. The fourth-order valence-corrected chi connectivity index (χ4v) is 1.30. The third-order valence-corrected chi connectivity index (χ3v) is 1.99. The Balaban J connectivity index is 1.94. The number of hydrogen-bond donors (Lipinski definition) is 0.